The normalized spacial score (nSPS) is 35.0. The lowest BCUT2D eigenvalue weighted by atomic mass is 9.85. The van der Waals surface area contributed by atoms with E-state index in [1.165, 1.54) is 39.2 Å². The van der Waals surface area contributed by atoms with Crippen LogP contribution < -0.4 is 0 Å². The Kier molecular flexibility index (Phi) is 5.24. The summed E-state index contributed by atoms with van der Waals surface area (Å²) in [6, 6.07) is 0.284. The number of likely N-dealkylation sites (tertiary alicyclic amines) is 1. The Labute approximate surface area is 138 Å². The van der Waals surface area contributed by atoms with Crippen LogP contribution in [0.25, 0.3) is 0 Å². The average molecular weight is 323 g/mol. The maximum absolute atomic E-state index is 12.9. The Morgan fingerprint density at radius 2 is 1.87 bits per heavy atom. The number of rotatable bonds is 3. The fourth-order valence-electron chi connectivity index (χ4n) is 4.61. The van der Waals surface area contributed by atoms with Gasteiger partial charge in [-0.3, -0.25) is 4.79 Å². The van der Waals surface area contributed by atoms with E-state index in [0.717, 1.165) is 12.8 Å². The number of hydrogen-bond donors (Lipinski definition) is 0. The molecule has 2 aliphatic heterocycles. The van der Waals surface area contributed by atoms with Crippen molar-refractivity contribution >= 4 is 11.9 Å². The van der Waals surface area contributed by atoms with Crippen LogP contribution in [-0.4, -0.2) is 48.2 Å². The summed E-state index contributed by atoms with van der Waals surface area (Å²) in [5, 5.41) is 0. The topological polar surface area (TPSA) is 55.8 Å². The Morgan fingerprint density at radius 1 is 1.13 bits per heavy atom. The van der Waals surface area contributed by atoms with E-state index < -0.39 is 6.10 Å². The van der Waals surface area contributed by atoms with Crippen LogP contribution in [0.2, 0.25) is 0 Å². The van der Waals surface area contributed by atoms with Gasteiger partial charge in [0, 0.05) is 18.9 Å². The quantitative estimate of drug-likeness (QED) is 0.749. The predicted molar refractivity (Wildman–Crippen MR) is 85.8 cm³/mol. The van der Waals surface area contributed by atoms with Crippen molar-refractivity contribution in [2.24, 2.45) is 5.92 Å². The number of carbonyl (C=O) groups is 2. The zero-order valence-electron chi connectivity index (χ0n) is 14.3. The number of piperidine rings is 1. The number of amides is 1. The van der Waals surface area contributed by atoms with E-state index >= 15 is 0 Å². The number of hydrogen-bond acceptors (Lipinski definition) is 4. The number of fused-ring (bicyclic) bond motifs is 1. The minimum absolute atomic E-state index is 0.00870. The molecule has 0 spiro atoms. The first kappa shape index (κ1) is 16.7. The number of nitrogens with zero attached hydrogens (tertiary/aromatic N) is 1. The van der Waals surface area contributed by atoms with Crippen LogP contribution >= 0.6 is 0 Å². The highest BCUT2D eigenvalue weighted by molar-refractivity contribution is 5.78. The molecule has 0 aromatic heterocycles. The van der Waals surface area contributed by atoms with Crippen LogP contribution in [0.5, 0.6) is 0 Å². The maximum atomic E-state index is 12.9. The molecule has 130 valence electrons. The molecule has 1 aliphatic carbocycles. The van der Waals surface area contributed by atoms with Crippen LogP contribution in [0.1, 0.15) is 64.7 Å². The van der Waals surface area contributed by atoms with E-state index in [0.29, 0.717) is 18.8 Å². The molecule has 0 aromatic carbocycles. The molecule has 0 radical (unpaired) electrons. The van der Waals surface area contributed by atoms with Crippen LogP contribution in [0.3, 0.4) is 0 Å². The van der Waals surface area contributed by atoms with Crippen molar-refractivity contribution in [2.45, 2.75) is 89.0 Å². The van der Waals surface area contributed by atoms with Crippen molar-refractivity contribution in [3.05, 3.63) is 0 Å². The smallest absolute Gasteiger partial charge is 0.335 e. The molecule has 2 saturated heterocycles. The van der Waals surface area contributed by atoms with Crippen molar-refractivity contribution in [3.63, 3.8) is 0 Å². The van der Waals surface area contributed by atoms with E-state index in [-0.39, 0.29) is 30.1 Å². The molecule has 3 fully saturated rings. The highest BCUT2D eigenvalue weighted by atomic mass is 16.6. The van der Waals surface area contributed by atoms with E-state index in [1.54, 1.807) is 0 Å². The number of esters is 1. The van der Waals surface area contributed by atoms with Gasteiger partial charge in [-0.25, -0.2) is 4.79 Å². The highest BCUT2D eigenvalue weighted by Crippen LogP contribution is 2.37. The lowest BCUT2D eigenvalue weighted by Gasteiger charge is -2.42. The second-order valence-corrected chi connectivity index (χ2v) is 7.42. The predicted octanol–water partition coefficient (Wildman–Crippen LogP) is 2.67. The molecule has 5 heteroatoms. The zero-order valence-corrected chi connectivity index (χ0v) is 14.3. The number of ether oxygens (including phenoxy) is 2. The van der Waals surface area contributed by atoms with Crippen LogP contribution in [0.15, 0.2) is 0 Å². The molecule has 3 aliphatic rings. The van der Waals surface area contributed by atoms with Gasteiger partial charge < -0.3 is 14.4 Å². The van der Waals surface area contributed by atoms with Gasteiger partial charge in [-0.05, 0) is 38.5 Å². The van der Waals surface area contributed by atoms with Gasteiger partial charge in [0.25, 0.3) is 0 Å². The van der Waals surface area contributed by atoms with Crippen LogP contribution in [0, 0.1) is 5.92 Å². The van der Waals surface area contributed by atoms with Crippen molar-refractivity contribution in [1.29, 1.82) is 0 Å². The molecule has 0 bridgehead atoms. The molecule has 1 saturated carbocycles. The van der Waals surface area contributed by atoms with Gasteiger partial charge in [0.05, 0.1) is 19.3 Å². The van der Waals surface area contributed by atoms with Gasteiger partial charge >= 0.3 is 5.97 Å². The van der Waals surface area contributed by atoms with Gasteiger partial charge in [-0.15, -0.1) is 0 Å². The lowest BCUT2D eigenvalue weighted by molar-refractivity contribution is -0.154. The number of carbonyl (C=O) groups excluding carboxylic acids is 2. The molecule has 1 amide bonds. The molecule has 0 aromatic rings. The molecule has 5 nitrogen and oxygen atoms in total. The minimum atomic E-state index is -0.509. The third-order valence-electron chi connectivity index (χ3n) is 5.87. The SMILES string of the molecule is COC(=O)[C@@H]1C[C@@H]2[C@@H](CC[C@@H](C)N2C(=O)CC2CCCCC2)O1. The van der Waals surface area contributed by atoms with Gasteiger partial charge in [0.15, 0.2) is 6.10 Å². The zero-order chi connectivity index (χ0) is 16.4. The summed E-state index contributed by atoms with van der Waals surface area (Å²) in [4.78, 5) is 26.7. The summed E-state index contributed by atoms with van der Waals surface area (Å²) in [7, 11) is 1.39. The fourth-order valence-corrected chi connectivity index (χ4v) is 4.61. The molecular weight excluding hydrogens is 294 g/mol. The van der Waals surface area contributed by atoms with E-state index in [2.05, 4.69) is 6.92 Å². The number of methoxy groups -OCH3 is 1. The van der Waals surface area contributed by atoms with Gasteiger partial charge in [0.2, 0.25) is 5.91 Å². The minimum Gasteiger partial charge on any atom is -0.467 e. The monoisotopic (exact) mass is 323 g/mol. The summed E-state index contributed by atoms with van der Waals surface area (Å²) < 4.78 is 10.7. The van der Waals surface area contributed by atoms with Crippen molar-refractivity contribution < 1.29 is 19.1 Å². The van der Waals surface area contributed by atoms with Gasteiger partial charge in [-0.1, -0.05) is 19.3 Å². The average Bonchev–Trinajstić information content (AvgIpc) is 2.98. The fraction of sp³-hybridized carbons (Fsp3) is 0.889. The Morgan fingerprint density at radius 3 is 2.57 bits per heavy atom. The first-order valence-electron chi connectivity index (χ1n) is 9.14. The molecule has 0 unspecified atom stereocenters. The van der Waals surface area contributed by atoms with Crippen molar-refractivity contribution in [3.8, 4) is 0 Å². The Balaban J connectivity index is 1.66. The van der Waals surface area contributed by atoms with Crippen molar-refractivity contribution in [2.75, 3.05) is 7.11 Å². The first-order chi connectivity index (χ1) is 11.1. The molecule has 0 N–H and O–H groups in total. The summed E-state index contributed by atoms with van der Waals surface area (Å²) >= 11 is 0. The summed E-state index contributed by atoms with van der Waals surface area (Å²) in [6.45, 7) is 2.13. The molecule has 4 atom stereocenters. The second-order valence-electron chi connectivity index (χ2n) is 7.42. The Bertz CT molecular complexity index is 446. The molecule has 23 heavy (non-hydrogen) atoms. The van der Waals surface area contributed by atoms with E-state index in [4.69, 9.17) is 9.47 Å². The highest BCUT2D eigenvalue weighted by Gasteiger charge is 2.47. The summed E-state index contributed by atoms with van der Waals surface area (Å²) in [5.41, 5.74) is 0. The third kappa shape index (κ3) is 3.54. The Hall–Kier alpha value is -1.10. The third-order valence-corrected chi connectivity index (χ3v) is 5.87. The largest absolute Gasteiger partial charge is 0.467 e. The van der Waals surface area contributed by atoms with E-state index in [9.17, 15) is 9.59 Å². The van der Waals surface area contributed by atoms with Crippen molar-refractivity contribution in [1.82, 2.24) is 4.90 Å². The maximum Gasteiger partial charge on any atom is 0.335 e. The molecular formula is C18H29NO4. The molecule has 2 heterocycles. The second kappa shape index (κ2) is 7.20. The van der Waals surface area contributed by atoms with Gasteiger partial charge in [-0.2, -0.15) is 0 Å². The summed E-state index contributed by atoms with van der Waals surface area (Å²) in [6.07, 6.45) is 8.79. The van der Waals surface area contributed by atoms with Gasteiger partial charge in [0.1, 0.15) is 0 Å². The van der Waals surface area contributed by atoms with Crippen LogP contribution in [0.4, 0.5) is 0 Å². The molecule has 3 rings (SSSR count). The van der Waals surface area contributed by atoms with Crippen LogP contribution in [-0.2, 0) is 19.1 Å². The lowest BCUT2D eigenvalue weighted by Crippen LogP contribution is -2.53. The first-order valence-corrected chi connectivity index (χ1v) is 9.14. The van der Waals surface area contributed by atoms with E-state index in [1.807, 2.05) is 4.90 Å². The summed E-state index contributed by atoms with van der Waals surface area (Å²) in [5.74, 6) is 0.488. The standard InChI is InChI=1S/C18H29NO4/c1-12-8-9-15-14(11-16(23-15)18(21)22-2)19(12)17(20)10-13-6-4-3-5-7-13/h12-16H,3-11H2,1-2H3/t12-,14-,15-,16+/m1/s1.